The van der Waals surface area contributed by atoms with Gasteiger partial charge in [-0.3, -0.25) is 9.88 Å². The molecule has 3 saturated heterocycles. The number of imidazole rings is 1. The molecule has 5 rings (SSSR count). The van der Waals surface area contributed by atoms with Crippen molar-refractivity contribution in [3.05, 3.63) is 42.6 Å². The van der Waals surface area contributed by atoms with Gasteiger partial charge in [0.1, 0.15) is 0 Å². The molecule has 0 amide bonds. The summed E-state index contributed by atoms with van der Waals surface area (Å²) in [5, 5.41) is 0.146. The maximum atomic E-state index is 13.0. The molecule has 0 aromatic carbocycles. The van der Waals surface area contributed by atoms with Crippen molar-refractivity contribution < 1.29 is 8.42 Å². The van der Waals surface area contributed by atoms with E-state index in [1.165, 1.54) is 6.33 Å². The van der Waals surface area contributed by atoms with Crippen LogP contribution in [0.4, 0.5) is 0 Å². The summed E-state index contributed by atoms with van der Waals surface area (Å²) in [4.78, 5) is 10.9. The number of pyridine rings is 1. The molecule has 0 saturated carbocycles. The molecule has 2 aromatic heterocycles. The Morgan fingerprint density at radius 1 is 1.16 bits per heavy atom. The Morgan fingerprint density at radius 3 is 2.76 bits per heavy atom. The monoisotopic (exact) mass is 361 g/mol. The summed E-state index contributed by atoms with van der Waals surface area (Å²) < 4.78 is 29.2. The minimum atomic E-state index is -3.53. The first-order valence-electron chi connectivity index (χ1n) is 8.64. The topological polar surface area (TPSA) is 71.3 Å². The molecule has 3 fully saturated rings. The van der Waals surface area contributed by atoms with Crippen LogP contribution in [0.3, 0.4) is 0 Å². The van der Waals surface area contributed by atoms with Crippen molar-refractivity contribution in [2.75, 3.05) is 19.6 Å². The van der Waals surface area contributed by atoms with Crippen LogP contribution in [0.25, 0.3) is 0 Å². The third kappa shape index (κ3) is 3.33. The van der Waals surface area contributed by atoms with E-state index in [1.54, 1.807) is 22.1 Å². The van der Waals surface area contributed by atoms with E-state index in [9.17, 15) is 8.42 Å². The van der Waals surface area contributed by atoms with Crippen molar-refractivity contribution in [3.8, 4) is 0 Å². The number of rotatable bonds is 4. The highest BCUT2D eigenvalue weighted by molar-refractivity contribution is 7.89. The van der Waals surface area contributed by atoms with Gasteiger partial charge < -0.3 is 4.57 Å². The maximum absolute atomic E-state index is 13.0. The lowest BCUT2D eigenvalue weighted by atomic mass is 9.95. The van der Waals surface area contributed by atoms with Gasteiger partial charge in [0.05, 0.1) is 12.0 Å². The van der Waals surface area contributed by atoms with Crippen molar-refractivity contribution in [3.63, 3.8) is 0 Å². The number of aromatic nitrogens is 3. The first-order valence-corrected chi connectivity index (χ1v) is 10.1. The number of piperidine rings is 1. The SMILES string of the molecule is Cn1cnc(S(=O)(=O)N2C[C@@H]3CC[C@H](C2)N(Cc2ccccn2)C3)c1. The molecule has 8 heteroatoms. The van der Waals surface area contributed by atoms with E-state index in [0.717, 1.165) is 31.6 Å². The van der Waals surface area contributed by atoms with Crippen molar-refractivity contribution in [2.24, 2.45) is 13.0 Å². The highest BCUT2D eigenvalue weighted by Crippen LogP contribution is 2.31. The molecular formula is C17H23N5O2S. The quantitative estimate of drug-likeness (QED) is 0.816. The van der Waals surface area contributed by atoms with E-state index < -0.39 is 10.0 Å². The number of sulfonamides is 1. The minimum Gasteiger partial charge on any atom is -0.339 e. The number of fused-ring (bicyclic) bond motifs is 4. The summed E-state index contributed by atoms with van der Waals surface area (Å²) in [5.41, 5.74) is 1.04. The summed E-state index contributed by atoms with van der Waals surface area (Å²) in [6, 6.07) is 6.18. The lowest BCUT2D eigenvalue weighted by molar-refractivity contribution is 0.124. The summed E-state index contributed by atoms with van der Waals surface area (Å²) in [7, 11) is -1.74. The van der Waals surface area contributed by atoms with E-state index in [-0.39, 0.29) is 11.1 Å². The molecule has 2 bridgehead atoms. The van der Waals surface area contributed by atoms with E-state index in [0.29, 0.717) is 19.0 Å². The largest absolute Gasteiger partial charge is 0.339 e. The predicted molar refractivity (Wildman–Crippen MR) is 93.1 cm³/mol. The van der Waals surface area contributed by atoms with Crippen molar-refractivity contribution >= 4 is 10.0 Å². The zero-order chi connectivity index (χ0) is 17.4. The number of hydrogen-bond donors (Lipinski definition) is 0. The van der Waals surface area contributed by atoms with Crippen LogP contribution >= 0.6 is 0 Å². The molecule has 0 radical (unpaired) electrons. The Bertz CT molecular complexity index is 836. The second-order valence-corrected chi connectivity index (χ2v) is 8.93. The molecule has 25 heavy (non-hydrogen) atoms. The molecule has 3 aliphatic rings. The summed E-state index contributed by atoms with van der Waals surface area (Å²) in [5.74, 6) is 0.362. The molecule has 0 aliphatic carbocycles. The van der Waals surface area contributed by atoms with E-state index in [1.807, 2.05) is 24.4 Å². The van der Waals surface area contributed by atoms with Gasteiger partial charge in [-0.1, -0.05) is 6.07 Å². The molecule has 2 atom stereocenters. The lowest BCUT2D eigenvalue weighted by Gasteiger charge is -2.35. The van der Waals surface area contributed by atoms with Crippen LogP contribution in [0.15, 0.2) is 41.9 Å². The first-order chi connectivity index (χ1) is 12.0. The zero-order valence-electron chi connectivity index (χ0n) is 14.3. The fraction of sp³-hybridized carbons (Fsp3) is 0.529. The number of aryl methyl sites for hydroxylation is 1. The van der Waals surface area contributed by atoms with Gasteiger partial charge in [0.25, 0.3) is 10.0 Å². The minimum absolute atomic E-state index is 0.146. The first kappa shape index (κ1) is 16.7. The van der Waals surface area contributed by atoms with Gasteiger partial charge in [-0.15, -0.1) is 0 Å². The Balaban J connectivity index is 1.55. The van der Waals surface area contributed by atoms with Crippen LogP contribution in [0, 0.1) is 5.92 Å². The Labute approximate surface area is 148 Å². The van der Waals surface area contributed by atoms with Gasteiger partial charge >= 0.3 is 0 Å². The fourth-order valence-corrected chi connectivity index (χ4v) is 5.40. The molecule has 2 aromatic rings. The smallest absolute Gasteiger partial charge is 0.262 e. The molecule has 0 unspecified atom stereocenters. The summed E-state index contributed by atoms with van der Waals surface area (Å²) >= 11 is 0. The highest BCUT2D eigenvalue weighted by Gasteiger charge is 2.40. The van der Waals surface area contributed by atoms with Crippen LogP contribution in [0.5, 0.6) is 0 Å². The molecule has 3 aliphatic heterocycles. The van der Waals surface area contributed by atoms with Crippen LogP contribution in [0.1, 0.15) is 18.5 Å². The Kier molecular flexibility index (Phi) is 4.35. The molecule has 5 heterocycles. The highest BCUT2D eigenvalue weighted by atomic mass is 32.2. The van der Waals surface area contributed by atoms with Crippen LogP contribution in [-0.2, 0) is 23.6 Å². The number of hydrogen-bond acceptors (Lipinski definition) is 5. The molecule has 134 valence electrons. The second kappa shape index (κ2) is 6.51. The van der Waals surface area contributed by atoms with Crippen LogP contribution in [-0.4, -0.2) is 57.8 Å². The third-order valence-electron chi connectivity index (χ3n) is 5.17. The third-order valence-corrected chi connectivity index (χ3v) is 6.89. The van der Waals surface area contributed by atoms with Gasteiger partial charge in [0, 0.05) is 51.7 Å². The molecular weight excluding hydrogens is 338 g/mol. The lowest BCUT2D eigenvalue weighted by Crippen LogP contribution is -2.44. The van der Waals surface area contributed by atoms with Gasteiger partial charge in [0.15, 0.2) is 5.03 Å². The summed E-state index contributed by atoms with van der Waals surface area (Å²) in [6.45, 7) is 2.81. The average molecular weight is 361 g/mol. The molecule has 7 nitrogen and oxygen atoms in total. The standard InChI is InChI=1S/C17H23N5O2S/c1-20-12-17(19-13-20)25(23,24)22-9-14-5-6-16(11-22)21(8-14)10-15-4-2-3-7-18-15/h2-4,7,12-14,16H,5-6,8-11H2,1H3/t14-,16-/m1/s1. The van der Waals surface area contributed by atoms with Gasteiger partial charge in [0.2, 0.25) is 0 Å². The second-order valence-electron chi connectivity index (χ2n) is 7.05. The Hall–Kier alpha value is -1.77. The van der Waals surface area contributed by atoms with Crippen LogP contribution in [0.2, 0.25) is 0 Å². The Morgan fingerprint density at radius 2 is 2.04 bits per heavy atom. The zero-order valence-corrected chi connectivity index (χ0v) is 15.1. The number of nitrogens with zero attached hydrogens (tertiary/aromatic N) is 5. The van der Waals surface area contributed by atoms with Crippen molar-refractivity contribution in [1.29, 1.82) is 0 Å². The van der Waals surface area contributed by atoms with Gasteiger partial charge in [-0.2, -0.15) is 4.31 Å². The average Bonchev–Trinajstić information content (AvgIpc) is 2.84. The van der Waals surface area contributed by atoms with Crippen LogP contribution < -0.4 is 0 Å². The van der Waals surface area contributed by atoms with Crippen molar-refractivity contribution in [1.82, 2.24) is 23.7 Å². The van der Waals surface area contributed by atoms with E-state index in [2.05, 4.69) is 14.9 Å². The van der Waals surface area contributed by atoms with E-state index >= 15 is 0 Å². The molecule has 0 spiro atoms. The fourth-order valence-electron chi connectivity index (χ4n) is 3.88. The predicted octanol–water partition coefficient (Wildman–Crippen LogP) is 1.10. The molecule has 0 N–H and O–H groups in total. The van der Waals surface area contributed by atoms with Gasteiger partial charge in [-0.25, -0.2) is 13.4 Å². The van der Waals surface area contributed by atoms with Crippen molar-refractivity contribution in [2.45, 2.75) is 30.5 Å². The van der Waals surface area contributed by atoms with E-state index in [4.69, 9.17) is 0 Å². The summed E-state index contributed by atoms with van der Waals surface area (Å²) in [6.07, 6.45) is 7.03. The maximum Gasteiger partial charge on any atom is 0.262 e. The van der Waals surface area contributed by atoms with Gasteiger partial charge in [-0.05, 0) is 30.9 Å². The normalized spacial score (nSPS) is 25.2.